The van der Waals surface area contributed by atoms with Gasteiger partial charge in [0.15, 0.2) is 0 Å². The summed E-state index contributed by atoms with van der Waals surface area (Å²) in [6, 6.07) is 0. The first kappa shape index (κ1) is 17.6. The molecule has 0 aromatic heterocycles. The molecule has 9 heteroatoms. The highest BCUT2D eigenvalue weighted by molar-refractivity contribution is 8.00. The summed E-state index contributed by atoms with van der Waals surface area (Å²) in [6.45, 7) is 0.904. The Morgan fingerprint density at radius 1 is 1.35 bits per heavy atom. The molecule has 0 aromatic carbocycles. The highest BCUT2D eigenvalue weighted by Gasteiger charge is 2.50. The topological polar surface area (TPSA) is 124 Å². The average Bonchev–Trinajstić information content (AvgIpc) is 3.06. The van der Waals surface area contributed by atoms with Gasteiger partial charge >= 0.3 is 0 Å². The van der Waals surface area contributed by atoms with Crippen LogP contribution in [0.15, 0.2) is 5.11 Å². The summed E-state index contributed by atoms with van der Waals surface area (Å²) in [4.78, 5) is 37.6. The van der Waals surface area contributed by atoms with Crippen LogP contribution in [0.4, 0.5) is 0 Å². The number of amides is 3. The second kappa shape index (κ2) is 8.79. The van der Waals surface area contributed by atoms with Gasteiger partial charge in [-0.15, -0.1) is 0 Å². The molecule has 23 heavy (non-hydrogen) atoms. The predicted molar refractivity (Wildman–Crippen MR) is 86.5 cm³/mol. The minimum absolute atomic E-state index is 0.00308. The van der Waals surface area contributed by atoms with E-state index in [1.54, 1.807) is 11.8 Å². The molecule has 0 saturated carbocycles. The van der Waals surface area contributed by atoms with E-state index in [2.05, 4.69) is 20.7 Å². The number of fused-ring (bicyclic) bond motifs is 1. The number of carbonyl (C=O) groups is 3. The molecule has 2 aliphatic heterocycles. The lowest BCUT2D eigenvalue weighted by Gasteiger charge is -2.14. The molecule has 2 saturated heterocycles. The number of nitrogens with one attached hydrogen (secondary N) is 2. The van der Waals surface area contributed by atoms with E-state index in [-0.39, 0.29) is 34.8 Å². The van der Waals surface area contributed by atoms with Crippen molar-refractivity contribution in [2.24, 2.45) is 17.0 Å². The summed E-state index contributed by atoms with van der Waals surface area (Å²) in [7, 11) is 0. The Hall–Kier alpha value is -1.73. The number of rotatable bonds is 9. The SMILES string of the molecule is [N-]=[N+]=NCCCNC(=O)CCCCC1SCC2C(=O)NC(=O)C12. The Morgan fingerprint density at radius 3 is 2.96 bits per heavy atom. The zero-order valence-corrected chi connectivity index (χ0v) is 13.7. The normalized spacial score (nSPS) is 25.7. The van der Waals surface area contributed by atoms with E-state index in [1.165, 1.54) is 0 Å². The monoisotopic (exact) mass is 339 g/mol. The molecule has 126 valence electrons. The quantitative estimate of drug-likeness (QED) is 0.216. The molecule has 3 amide bonds. The molecule has 2 fully saturated rings. The molecule has 2 heterocycles. The van der Waals surface area contributed by atoms with Crippen molar-refractivity contribution in [3.8, 4) is 0 Å². The van der Waals surface area contributed by atoms with Crippen LogP contribution >= 0.6 is 11.8 Å². The number of thioether (sulfide) groups is 1. The van der Waals surface area contributed by atoms with E-state index in [0.29, 0.717) is 25.9 Å². The fourth-order valence-corrected chi connectivity index (χ4v) is 4.65. The summed E-state index contributed by atoms with van der Waals surface area (Å²) in [5.41, 5.74) is 8.12. The lowest BCUT2D eigenvalue weighted by atomic mass is 9.91. The Kier molecular flexibility index (Phi) is 6.73. The van der Waals surface area contributed by atoms with Crippen molar-refractivity contribution >= 4 is 29.5 Å². The lowest BCUT2D eigenvalue weighted by Crippen LogP contribution is -2.27. The van der Waals surface area contributed by atoms with E-state index in [4.69, 9.17) is 5.53 Å². The number of unbranched alkanes of at least 4 members (excludes halogenated alkanes) is 1. The molecule has 2 rings (SSSR count). The van der Waals surface area contributed by atoms with Crippen LogP contribution in [0.5, 0.6) is 0 Å². The zero-order valence-electron chi connectivity index (χ0n) is 12.9. The number of hydrogen-bond acceptors (Lipinski definition) is 5. The van der Waals surface area contributed by atoms with E-state index < -0.39 is 0 Å². The van der Waals surface area contributed by atoms with Gasteiger partial charge in [-0.05, 0) is 24.8 Å². The molecule has 2 N–H and O–H groups in total. The van der Waals surface area contributed by atoms with E-state index in [1.807, 2.05) is 0 Å². The first-order valence-corrected chi connectivity index (χ1v) is 8.92. The van der Waals surface area contributed by atoms with Gasteiger partial charge in [0, 0.05) is 35.4 Å². The maximum absolute atomic E-state index is 11.8. The number of imide groups is 1. The number of nitrogens with zero attached hydrogens (tertiary/aromatic N) is 3. The van der Waals surface area contributed by atoms with Crippen LogP contribution in [0.25, 0.3) is 10.4 Å². The fraction of sp³-hybridized carbons (Fsp3) is 0.786. The van der Waals surface area contributed by atoms with E-state index in [9.17, 15) is 14.4 Å². The number of azide groups is 1. The van der Waals surface area contributed by atoms with E-state index >= 15 is 0 Å². The highest BCUT2D eigenvalue weighted by Crippen LogP contribution is 2.42. The predicted octanol–water partition coefficient (Wildman–Crippen LogP) is 1.37. The molecular formula is C14H21N5O3S. The maximum Gasteiger partial charge on any atom is 0.231 e. The minimum Gasteiger partial charge on any atom is -0.356 e. The van der Waals surface area contributed by atoms with Gasteiger partial charge in [-0.25, -0.2) is 0 Å². The van der Waals surface area contributed by atoms with Crippen molar-refractivity contribution < 1.29 is 14.4 Å². The molecular weight excluding hydrogens is 318 g/mol. The summed E-state index contributed by atoms with van der Waals surface area (Å²) in [6.07, 6.45) is 3.59. The van der Waals surface area contributed by atoms with Gasteiger partial charge < -0.3 is 5.32 Å². The third kappa shape index (κ3) is 4.87. The summed E-state index contributed by atoms with van der Waals surface area (Å²) in [5.74, 6) is 0.122. The number of carbonyl (C=O) groups excluding carboxylic acids is 3. The van der Waals surface area contributed by atoms with Gasteiger partial charge in [0.05, 0.1) is 11.8 Å². The third-order valence-electron chi connectivity index (χ3n) is 4.17. The third-order valence-corrected chi connectivity index (χ3v) is 5.68. The Morgan fingerprint density at radius 2 is 2.17 bits per heavy atom. The highest BCUT2D eigenvalue weighted by atomic mass is 32.2. The van der Waals surface area contributed by atoms with Crippen molar-refractivity contribution in [2.75, 3.05) is 18.8 Å². The van der Waals surface area contributed by atoms with Gasteiger partial charge in [0.25, 0.3) is 0 Å². The molecule has 0 spiro atoms. The number of hydrogen-bond donors (Lipinski definition) is 2. The second-order valence-corrected chi connectivity index (χ2v) is 7.03. The van der Waals surface area contributed by atoms with Crippen molar-refractivity contribution in [3.05, 3.63) is 10.4 Å². The average molecular weight is 339 g/mol. The first-order chi connectivity index (χ1) is 11.1. The van der Waals surface area contributed by atoms with Crippen molar-refractivity contribution in [1.29, 1.82) is 0 Å². The van der Waals surface area contributed by atoms with Crippen LogP contribution in [0.1, 0.15) is 32.1 Å². The molecule has 0 aromatic rings. The fourth-order valence-electron chi connectivity index (χ4n) is 2.99. The van der Waals surface area contributed by atoms with E-state index in [0.717, 1.165) is 25.0 Å². The van der Waals surface area contributed by atoms with Crippen LogP contribution < -0.4 is 10.6 Å². The first-order valence-electron chi connectivity index (χ1n) is 7.87. The van der Waals surface area contributed by atoms with Crippen LogP contribution in [0, 0.1) is 11.8 Å². The van der Waals surface area contributed by atoms with Crippen LogP contribution in [-0.2, 0) is 14.4 Å². The van der Waals surface area contributed by atoms with Crippen molar-refractivity contribution in [2.45, 2.75) is 37.4 Å². The molecule has 2 aliphatic rings. The second-order valence-electron chi connectivity index (χ2n) is 5.76. The Balaban J connectivity index is 1.57. The molecule has 3 atom stereocenters. The molecule has 0 radical (unpaired) electrons. The van der Waals surface area contributed by atoms with Gasteiger partial charge in [0.2, 0.25) is 17.7 Å². The summed E-state index contributed by atoms with van der Waals surface area (Å²) < 4.78 is 0. The van der Waals surface area contributed by atoms with Crippen LogP contribution in [-0.4, -0.2) is 41.8 Å². The smallest absolute Gasteiger partial charge is 0.231 e. The van der Waals surface area contributed by atoms with Crippen LogP contribution in [0.3, 0.4) is 0 Å². The Labute approximate surface area is 138 Å². The van der Waals surface area contributed by atoms with Crippen molar-refractivity contribution in [3.63, 3.8) is 0 Å². The van der Waals surface area contributed by atoms with Gasteiger partial charge in [-0.3, -0.25) is 19.7 Å². The molecule has 3 unspecified atom stereocenters. The molecule has 0 aliphatic carbocycles. The van der Waals surface area contributed by atoms with Crippen molar-refractivity contribution in [1.82, 2.24) is 10.6 Å². The maximum atomic E-state index is 11.8. The largest absolute Gasteiger partial charge is 0.356 e. The standard InChI is InChI=1S/C14H21N5O3S/c15-19-17-7-3-6-16-11(20)5-2-1-4-10-12-9(8-23-10)13(21)18-14(12)22/h9-10,12H,1-8H2,(H,16,20)(H,18,21,22). The zero-order chi connectivity index (χ0) is 16.7. The minimum atomic E-state index is -0.179. The Bertz CT molecular complexity index is 521. The lowest BCUT2D eigenvalue weighted by molar-refractivity contribution is -0.126. The van der Waals surface area contributed by atoms with Gasteiger partial charge in [-0.2, -0.15) is 11.8 Å². The summed E-state index contributed by atoms with van der Waals surface area (Å²) in [5, 5.41) is 8.78. The van der Waals surface area contributed by atoms with Gasteiger partial charge in [-0.1, -0.05) is 11.5 Å². The van der Waals surface area contributed by atoms with Crippen LogP contribution in [0.2, 0.25) is 0 Å². The van der Waals surface area contributed by atoms with Gasteiger partial charge in [0.1, 0.15) is 0 Å². The molecule has 0 bridgehead atoms. The summed E-state index contributed by atoms with van der Waals surface area (Å²) >= 11 is 1.70. The molecule has 8 nitrogen and oxygen atoms in total.